The quantitative estimate of drug-likeness (QED) is 0.696. The number of para-hydroxylation sites is 1. The van der Waals surface area contributed by atoms with Crippen molar-refractivity contribution in [3.8, 4) is 10.9 Å². The van der Waals surface area contributed by atoms with Gasteiger partial charge >= 0.3 is 0 Å². The van der Waals surface area contributed by atoms with Crippen LogP contribution in [0.2, 0.25) is 5.15 Å². The molecular formula is C12H7ClN2OS. The highest BCUT2D eigenvalue weighted by Crippen LogP contribution is 2.30. The second-order valence-corrected chi connectivity index (χ2v) is 4.58. The van der Waals surface area contributed by atoms with Crippen LogP contribution in [0.15, 0.2) is 41.9 Å². The van der Waals surface area contributed by atoms with Gasteiger partial charge in [0.25, 0.3) is 5.19 Å². The Morgan fingerprint density at radius 2 is 2.06 bits per heavy atom. The van der Waals surface area contributed by atoms with Crippen molar-refractivity contribution in [3.05, 3.63) is 47.1 Å². The zero-order valence-electron chi connectivity index (χ0n) is 8.63. The summed E-state index contributed by atoms with van der Waals surface area (Å²) in [5, 5.41) is 3.73. The topological polar surface area (TPSA) is 35.0 Å². The van der Waals surface area contributed by atoms with Crippen molar-refractivity contribution in [2.45, 2.75) is 0 Å². The van der Waals surface area contributed by atoms with E-state index in [1.807, 2.05) is 30.3 Å². The summed E-state index contributed by atoms with van der Waals surface area (Å²) in [6.07, 6.45) is 1.74. The molecule has 2 aromatic heterocycles. The maximum Gasteiger partial charge on any atom is 0.280 e. The lowest BCUT2D eigenvalue weighted by Crippen LogP contribution is -1.86. The van der Waals surface area contributed by atoms with Crippen molar-refractivity contribution >= 4 is 33.8 Å². The molecule has 0 atom stereocenters. The van der Waals surface area contributed by atoms with Gasteiger partial charge in [-0.3, -0.25) is 4.98 Å². The first-order valence-electron chi connectivity index (χ1n) is 4.95. The van der Waals surface area contributed by atoms with Crippen LogP contribution in [0.1, 0.15) is 0 Å². The summed E-state index contributed by atoms with van der Waals surface area (Å²) in [6, 6.07) is 9.67. The minimum atomic E-state index is 0.443. The minimum Gasteiger partial charge on any atom is -0.429 e. The Morgan fingerprint density at radius 3 is 2.88 bits per heavy atom. The Balaban J connectivity index is 2.05. The number of rotatable bonds is 2. The van der Waals surface area contributed by atoms with Gasteiger partial charge in [-0.05, 0) is 12.1 Å². The molecule has 3 rings (SSSR count). The van der Waals surface area contributed by atoms with Gasteiger partial charge in [0.2, 0.25) is 0 Å². The smallest absolute Gasteiger partial charge is 0.280 e. The molecule has 0 saturated carbocycles. The number of hydrogen-bond donors (Lipinski definition) is 0. The summed E-state index contributed by atoms with van der Waals surface area (Å²) in [6.45, 7) is 0. The lowest BCUT2D eigenvalue weighted by atomic mass is 10.2. The molecule has 0 aliphatic heterocycles. The first-order chi connectivity index (χ1) is 8.33. The highest BCUT2D eigenvalue weighted by molar-refractivity contribution is 7.11. The third-order valence-corrected chi connectivity index (χ3v) is 3.29. The van der Waals surface area contributed by atoms with Crippen molar-refractivity contribution in [2.24, 2.45) is 0 Å². The molecule has 0 fully saturated rings. The van der Waals surface area contributed by atoms with Crippen LogP contribution in [-0.4, -0.2) is 9.97 Å². The van der Waals surface area contributed by atoms with Gasteiger partial charge in [-0.1, -0.05) is 41.1 Å². The number of thiazole rings is 1. The van der Waals surface area contributed by atoms with Gasteiger partial charge in [-0.15, -0.1) is 0 Å². The summed E-state index contributed by atoms with van der Waals surface area (Å²) in [4.78, 5) is 8.35. The van der Waals surface area contributed by atoms with Crippen LogP contribution in [0.25, 0.3) is 10.9 Å². The largest absolute Gasteiger partial charge is 0.429 e. The highest BCUT2D eigenvalue weighted by Gasteiger charge is 2.06. The van der Waals surface area contributed by atoms with Crippen LogP contribution >= 0.6 is 22.9 Å². The number of pyridine rings is 1. The molecule has 2 heterocycles. The average Bonchev–Trinajstić information content (AvgIpc) is 2.75. The van der Waals surface area contributed by atoms with E-state index in [0.717, 1.165) is 10.9 Å². The highest BCUT2D eigenvalue weighted by atomic mass is 35.5. The summed E-state index contributed by atoms with van der Waals surface area (Å²) in [7, 11) is 0. The summed E-state index contributed by atoms with van der Waals surface area (Å²) >= 11 is 7.11. The molecule has 0 aliphatic carbocycles. The predicted molar refractivity (Wildman–Crippen MR) is 68.9 cm³/mol. The number of hydrogen-bond acceptors (Lipinski definition) is 4. The molecule has 0 spiro atoms. The van der Waals surface area contributed by atoms with Crippen LogP contribution in [0.5, 0.6) is 10.9 Å². The van der Waals surface area contributed by atoms with Crippen molar-refractivity contribution < 1.29 is 4.74 Å². The molecule has 0 bridgehead atoms. The summed E-state index contributed by atoms with van der Waals surface area (Å²) < 4.78 is 5.67. The maximum atomic E-state index is 5.75. The van der Waals surface area contributed by atoms with Gasteiger partial charge in [0.1, 0.15) is 10.7 Å². The first-order valence-corrected chi connectivity index (χ1v) is 6.21. The molecule has 0 radical (unpaired) electrons. The number of aromatic nitrogens is 2. The summed E-state index contributed by atoms with van der Waals surface area (Å²) in [5.41, 5.74) is 0.821. The van der Waals surface area contributed by atoms with E-state index in [9.17, 15) is 0 Å². The van der Waals surface area contributed by atoms with Crippen molar-refractivity contribution in [1.82, 2.24) is 9.97 Å². The molecule has 3 aromatic rings. The lowest BCUT2D eigenvalue weighted by molar-refractivity contribution is 0.483. The predicted octanol–water partition coefficient (Wildman–Crippen LogP) is 4.14. The van der Waals surface area contributed by atoms with Gasteiger partial charge in [-0.2, -0.15) is 4.98 Å². The standard InChI is InChI=1S/C12H7ClN2OS/c13-10-7-17-12(15-10)16-9-5-1-3-8-4-2-6-14-11(8)9/h1-7H. The third kappa shape index (κ3) is 2.09. The molecule has 0 saturated heterocycles. The van der Waals surface area contributed by atoms with Gasteiger partial charge < -0.3 is 4.74 Å². The Kier molecular flexibility index (Phi) is 2.66. The number of halogens is 1. The number of fused-ring (bicyclic) bond motifs is 1. The fraction of sp³-hybridized carbons (Fsp3) is 0. The Hall–Kier alpha value is -1.65. The van der Waals surface area contributed by atoms with Crippen LogP contribution in [0.4, 0.5) is 0 Å². The second-order valence-electron chi connectivity index (χ2n) is 3.37. The van der Waals surface area contributed by atoms with E-state index in [1.54, 1.807) is 11.6 Å². The number of ether oxygens (including phenoxy) is 1. The van der Waals surface area contributed by atoms with Crippen molar-refractivity contribution in [3.63, 3.8) is 0 Å². The van der Waals surface area contributed by atoms with Gasteiger partial charge in [0, 0.05) is 17.0 Å². The lowest BCUT2D eigenvalue weighted by Gasteiger charge is -2.04. The zero-order chi connectivity index (χ0) is 11.7. The SMILES string of the molecule is Clc1csc(Oc2cccc3cccnc23)n1. The molecular weight excluding hydrogens is 256 g/mol. The second kappa shape index (κ2) is 4.31. The molecule has 5 heteroatoms. The van der Waals surface area contributed by atoms with Crippen LogP contribution in [-0.2, 0) is 0 Å². The Labute approximate surface area is 107 Å². The van der Waals surface area contributed by atoms with E-state index in [0.29, 0.717) is 16.1 Å². The third-order valence-electron chi connectivity index (χ3n) is 2.25. The van der Waals surface area contributed by atoms with Crippen LogP contribution < -0.4 is 4.74 Å². The van der Waals surface area contributed by atoms with E-state index >= 15 is 0 Å². The van der Waals surface area contributed by atoms with Crippen molar-refractivity contribution in [1.29, 1.82) is 0 Å². The molecule has 0 aliphatic rings. The van der Waals surface area contributed by atoms with E-state index in [4.69, 9.17) is 16.3 Å². The molecule has 3 nitrogen and oxygen atoms in total. The number of nitrogens with zero attached hydrogens (tertiary/aromatic N) is 2. The van der Waals surface area contributed by atoms with Crippen LogP contribution in [0.3, 0.4) is 0 Å². The normalized spacial score (nSPS) is 10.6. The number of benzene rings is 1. The van der Waals surface area contributed by atoms with Gasteiger partial charge in [0.15, 0.2) is 5.75 Å². The maximum absolute atomic E-state index is 5.75. The van der Waals surface area contributed by atoms with Crippen molar-refractivity contribution in [2.75, 3.05) is 0 Å². The summed E-state index contributed by atoms with van der Waals surface area (Å²) in [5.74, 6) is 0.689. The fourth-order valence-electron chi connectivity index (χ4n) is 1.54. The van der Waals surface area contributed by atoms with Gasteiger partial charge in [0.05, 0.1) is 0 Å². The van der Waals surface area contributed by atoms with E-state index in [2.05, 4.69) is 9.97 Å². The Morgan fingerprint density at radius 1 is 1.18 bits per heavy atom. The van der Waals surface area contributed by atoms with Gasteiger partial charge in [-0.25, -0.2) is 0 Å². The van der Waals surface area contributed by atoms with E-state index in [1.165, 1.54) is 11.3 Å². The average molecular weight is 263 g/mol. The zero-order valence-corrected chi connectivity index (χ0v) is 10.2. The molecule has 0 unspecified atom stereocenters. The molecule has 17 heavy (non-hydrogen) atoms. The molecule has 0 amide bonds. The fourth-order valence-corrected chi connectivity index (χ4v) is 2.34. The molecule has 0 N–H and O–H groups in total. The van der Waals surface area contributed by atoms with E-state index < -0.39 is 0 Å². The monoisotopic (exact) mass is 262 g/mol. The molecule has 84 valence electrons. The molecule has 1 aromatic carbocycles. The Bertz CT molecular complexity index is 663. The van der Waals surface area contributed by atoms with E-state index in [-0.39, 0.29) is 0 Å². The first kappa shape index (κ1) is 10.5. The minimum absolute atomic E-state index is 0.443. The van der Waals surface area contributed by atoms with Crippen LogP contribution in [0, 0.1) is 0 Å².